The van der Waals surface area contributed by atoms with Crippen LogP contribution in [0.25, 0.3) is 5.00 Å². The zero-order valence-corrected chi connectivity index (χ0v) is 16.7. The van der Waals surface area contributed by atoms with E-state index in [9.17, 15) is 4.79 Å². The summed E-state index contributed by atoms with van der Waals surface area (Å²) in [6.45, 7) is 5.04. The molecule has 0 saturated carbocycles. The number of anilines is 1. The van der Waals surface area contributed by atoms with Crippen molar-refractivity contribution in [1.82, 2.24) is 4.57 Å². The molecule has 4 rings (SSSR count). The number of carbonyl (C=O) groups excluding carboxylic acids is 1. The first-order valence-electron chi connectivity index (χ1n) is 8.18. The number of aromatic nitrogens is 1. The van der Waals surface area contributed by atoms with Gasteiger partial charge in [0.25, 0.3) is 5.91 Å². The van der Waals surface area contributed by atoms with E-state index in [1.807, 2.05) is 49.0 Å². The third kappa shape index (κ3) is 3.01. The molecule has 1 aromatic carbocycles. The minimum Gasteiger partial charge on any atom is -0.486 e. The summed E-state index contributed by atoms with van der Waals surface area (Å²) in [6.07, 6.45) is 3.89. The molecular formula is C19H17BrN2O3S. The molecule has 1 N–H and O–H groups in total. The van der Waals surface area contributed by atoms with Crippen LogP contribution in [0.5, 0.6) is 11.5 Å². The van der Waals surface area contributed by atoms with Gasteiger partial charge >= 0.3 is 0 Å². The Morgan fingerprint density at radius 1 is 1.15 bits per heavy atom. The summed E-state index contributed by atoms with van der Waals surface area (Å²) in [7, 11) is 0. The standard InChI is InChI=1S/C19H17BrN2O3S/c1-11-12(2)26-19(22-5-3-4-6-22)17(11)18(23)21-14-10-16-15(9-13(14)20)24-7-8-25-16/h3-6,9-10H,7-8H2,1-2H3,(H,21,23). The van der Waals surface area contributed by atoms with E-state index in [4.69, 9.17) is 9.47 Å². The number of fused-ring (bicyclic) bond motifs is 1. The highest BCUT2D eigenvalue weighted by Crippen LogP contribution is 2.39. The van der Waals surface area contributed by atoms with Crippen molar-refractivity contribution < 1.29 is 14.3 Å². The Hall–Kier alpha value is -2.25. The number of amides is 1. The summed E-state index contributed by atoms with van der Waals surface area (Å²) in [5, 5.41) is 3.92. The fraction of sp³-hybridized carbons (Fsp3) is 0.211. The van der Waals surface area contributed by atoms with Crippen LogP contribution in [-0.2, 0) is 0 Å². The predicted molar refractivity (Wildman–Crippen MR) is 106 cm³/mol. The molecule has 0 fully saturated rings. The van der Waals surface area contributed by atoms with Crippen molar-refractivity contribution in [2.24, 2.45) is 0 Å². The minimum absolute atomic E-state index is 0.145. The summed E-state index contributed by atoms with van der Waals surface area (Å²) in [4.78, 5) is 14.2. The topological polar surface area (TPSA) is 52.5 Å². The maximum Gasteiger partial charge on any atom is 0.258 e. The molecule has 3 heterocycles. The number of aryl methyl sites for hydroxylation is 1. The van der Waals surface area contributed by atoms with Crippen molar-refractivity contribution in [2.75, 3.05) is 18.5 Å². The molecule has 0 atom stereocenters. The van der Waals surface area contributed by atoms with Crippen LogP contribution in [0.3, 0.4) is 0 Å². The number of rotatable bonds is 3. The number of carbonyl (C=O) groups is 1. The molecule has 7 heteroatoms. The second-order valence-electron chi connectivity index (χ2n) is 5.98. The second-order valence-corrected chi connectivity index (χ2v) is 8.04. The zero-order valence-electron chi connectivity index (χ0n) is 14.3. The minimum atomic E-state index is -0.145. The third-order valence-electron chi connectivity index (χ3n) is 4.31. The molecule has 1 aliphatic heterocycles. The van der Waals surface area contributed by atoms with Gasteiger partial charge in [0.15, 0.2) is 11.5 Å². The molecule has 3 aromatic rings. The second kappa shape index (κ2) is 6.81. The Balaban J connectivity index is 1.70. The summed E-state index contributed by atoms with van der Waals surface area (Å²) in [5.74, 6) is 1.17. The number of nitrogens with one attached hydrogen (secondary N) is 1. The lowest BCUT2D eigenvalue weighted by Gasteiger charge is -2.20. The smallest absolute Gasteiger partial charge is 0.258 e. The Labute approximate surface area is 163 Å². The monoisotopic (exact) mass is 432 g/mol. The van der Waals surface area contributed by atoms with Gasteiger partial charge in [0, 0.05) is 33.9 Å². The van der Waals surface area contributed by atoms with Gasteiger partial charge in [-0.3, -0.25) is 4.79 Å². The van der Waals surface area contributed by atoms with E-state index in [-0.39, 0.29) is 5.91 Å². The van der Waals surface area contributed by atoms with Gasteiger partial charge in [0.05, 0.1) is 11.3 Å². The molecule has 26 heavy (non-hydrogen) atoms. The average molecular weight is 433 g/mol. The van der Waals surface area contributed by atoms with Crippen molar-refractivity contribution in [2.45, 2.75) is 13.8 Å². The van der Waals surface area contributed by atoms with E-state index in [0.29, 0.717) is 36.0 Å². The van der Waals surface area contributed by atoms with Crippen LogP contribution in [-0.4, -0.2) is 23.7 Å². The van der Waals surface area contributed by atoms with Crippen molar-refractivity contribution in [3.05, 3.63) is 57.1 Å². The van der Waals surface area contributed by atoms with Gasteiger partial charge in [-0.05, 0) is 47.5 Å². The summed E-state index contributed by atoms with van der Waals surface area (Å²) < 4.78 is 13.9. The lowest BCUT2D eigenvalue weighted by atomic mass is 10.1. The number of nitrogens with zero attached hydrogens (tertiary/aromatic N) is 1. The molecular weight excluding hydrogens is 416 g/mol. The Kier molecular flexibility index (Phi) is 4.50. The van der Waals surface area contributed by atoms with Crippen molar-refractivity contribution in [3.63, 3.8) is 0 Å². The molecule has 0 spiro atoms. The SMILES string of the molecule is Cc1sc(-n2cccc2)c(C(=O)Nc2cc3c(cc2Br)OCCO3)c1C. The molecule has 1 aliphatic rings. The molecule has 134 valence electrons. The molecule has 0 radical (unpaired) electrons. The fourth-order valence-electron chi connectivity index (χ4n) is 2.87. The van der Waals surface area contributed by atoms with E-state index < -0.39 is 0 Å². The van der Waals surface area contributed by atoms with Crippen molar-refractivity contribution >= 4 is 38.9 Å². The molecule has 0 aliphatic carbocycles. The van der Waals surface area contributed by atoms with Crippen LogP contribution in [0.15, 0.2) is 41.1 Å². The Morgan fingerprint density at radius 3 is 2.50 bits per heavy atom. The first kappa shape index (κ1) is 17.2. The molecule has 0 unspecified atom stereocenters. The van der Waals surface area contributed by atoms with Crippen LogP contribution in [0.2, 0.25) is 0 Å². The van der Waals surface area contributed by atoms with E-state index in [2.05, 4.69) is 21.2 Å². The van der Waals surface area contributed by atoms with E-state index in [1.54, 1.807) is 17.4 Å². The van der Waals surface area contributed by atoms with Crippen LogP contribution in [0.1, 0.15) is 20.8 Å². The van der Waals surface area contributed by atoms with Gasteiger partial charge in [-0.1, -0.05) is 0 Å². The van der Waals surface area contributed by atoms with Crippen LogP contribution >= 0.6 is 27.3 Å². The van der Waals surface area contributed by atoms with E-state index >= 15 is 0 Å². The van der Waals surface area contributed by atoms with Crippen molar-refractivity contribution in [3.8, 4) is 16.5 Å². The Bertz CT molecular complexity index is 979. The summed E-state index contributed by atoms with van der Waals surface area (Å²) >= 11 is 5.11. The van der Waals surface area contributed by atoms with Gasteiger partial charge in [0.2, 0.25) is 0 Å². The van der Waals surface area contributed by atoms with Gasteiger partial charge < -0.3 is 19.4 Å². The molecule has 1 amide bonds. The highest BCUT2D eigenvalue weighted by atomic mass is 79.9. The Morgan fingerprint density at radius 2 is 1.81 bits per heavy atom. The third-order valence-corrected chi connectivity index (χ3v) is 6.19. The highest BCUT2D eigenvalue weighted by Gasteiger charge is 2.22. The lowest BCUT2D eigenvalue weighted by molar-refractivity contribution is 0.102. The summed E-state index contributed by atoms with van der Waals surface area (Å²) in [5.41, 5.74) is 2.33. The van der Waals surface area contributed by atoms with Crippen LogP contribution < -0.4 is 14.8 Å². The maximum absolute atomic E-state index is 13.1. The summed E-state index contributed by atoms with van der Waals surface area (Å²) in [6, 6.07) is 7.51. The van der Waals surface area contributed by atoms with E-state index in [0.717, 1.165) is 19.9 Å². The number of benzene rings is 1. The molecule has 0 bridgehead atoms. The highest BCUT2D eigenvalue weighted by molar-refractivity contribution is 9.10. The van der Waals surface area contributed by atoms with Gasteiger partial charge in [-0.2, -0.15) is 0 Å². The van der Waals surface area contributed by atoms with E-state index in [1.165, 1.54) is 0 Å². The number of thiophene rings is 1. The normalized spacial score (nSPS) is 12.9. The molecule has 2 aromatic heterocycles. The lowest BCUT2D eigenvalue weighted by Crippen LogP contribution is -2.17. The fourth-order valence-corrected chi connectivity index (χ4v) is 4.41. The van der Waals surface area contributed by atoms with Crippen molar-refractivity contribution in [1.29, 1.82) is 0 Å². The zero-order chi connectivity index (χ0) is 18.3. The number of halogens is 1. The van der Waals surface area contributed by atoms with Crippen LogP contribution in [0.4, 0.5) is 5.69 Å². The predicted octanol–water partition coefficient (Wildman–Crippen LogP) is 4.94. The number of hydrogen-bond donors (Lipinski definition) is 1. The average Bonchev–Trinajstić information content (AvgIpc) is 3.24. The quantitative estimate of drug-likeness (QED) is 0.637. The maximum atomic E-state index is 13.1. The van der Waals surface area contributed by atoms with Crippen LogP contribution in [0, 0.1) is 13.8 Å². The van der Waals surface area contributed by atoms with Gasteiger partial charge in [-0.25, -0.2) is 0 Å². The van der Waals surface area contributed by atoms with Gasteiger partial charge in [0.1, 0.15) is 18.2 Å². The number of hydrogen-bond acceptors (Lipinski definition) is 4. The number of ether oxygens (including phenoxy) is 2. The first-order valence-corrected chi connectivity index (χ1v) is 9.79. The van der Waals surface area contributed by atoms with Gasteiger partial charge in [-0.15, -0.1) is 11.3 Å². The molecule has 0 saturated heterocycles. The largest absolute Gasteiger partial charge is 0.486 e. The first-order chi connectivity index (χ1) is 12.5. The molecule has 5 nitrogen and oxygen atoms in total.